The van der Waals surface area contributed by atoms with Crippen molar-refractivity contribution in [1.29, 1.82) is 0 Å². The lowest BCUT2D eigenvalue weighted by Gasteiger charge is -2.26. The van der Waals surface area contributed by atoms with Gasteiger partial charge in [-0.25, -0.2) is 0 Å². The quantitative estimate of drug-likeness (QED) is 0.167. The first-order valence-electron chi connectivity index (χ1n) is 22.2. The average molecular weight is 877 g/mol. The number of hydrogen-bond donors (Lipinski definition) is 0. The number of fused-ring (bicyclic) bond motifs is 11. The van der Waals surface area contributed by atoms with Gasteiger partial charge in [0.15, 0.2) is 5.58 Å². The molecule has 0 amide bonds. The molecule has 0 spiro atoms. The van der Waals surface area contributed by atoms with Gasteiger partial charge in [-0.15, -0.1) is 22.7 Å². The Balaban J connectivity index is 0.858. The van der Waals surface area contributed by atoms with Crippen molar-refractivity contribution in [2.45, 2.75) is 0 Å². The Hall–Kier alpha value is -8.09. The van der Waals surface area contributed by atoms with Crippen molar-refractivity contribution in [3.8, 4) is 33.4 Å². The number of nitrogens with zero attached hydrogens (tertiary/aromatic N) is 2. The summed E-state index contributed by atoms with van der Waals surface area (Å²) in [5.74, 6) is 0. The van der Waals surface area contributed by atoms with Crippen LogP contribution in [0.25, 0.3) is 117 Å². The maximum atomic E-state index is 6.21. The van der Waals surface area contributed by atoms with E-state index < -0.39 is 0 Å². The van der Waals surface area contributed by atoms with E-state index >= 15 is 0 Å². The van der Waals surface area contributed by atoms with E-state index in [1.807, 2.05) is 47.2 Å². The zero-order chi connectivity index (χ0) is 43.3. The maximum Gasteiger partial charge on any atom is 0.154 e. The molecule has 308 valence electrons. The summed E-state index contributed by atoms with van der Waals surface area (Å²) in [5, 5.41) is 12.3. The number of anilines is 3. The van der Waals surface area contributed by atoms with Crippen molar-refractivity contribution in [2.24, 2.45) is 0 Å². The smallest absolute Gasteiger partial charge is 0.154 e. The fourth-order valence-corrected chi connectivity index (χ4v) is 12.3. The van der Waals surface area contributed by atoms with E-state index in [1.165, 1.54) is 84.1 Å². The van der Waals surface area contributed by atoms with Crippen LogP contribution >= 0.6 is 22.7 Å². The van der Waals surface area contributed by atoms with Crippen LogP contribution in [0.3, 0.4) is 0 Å². The highest BCUT2D eigenvalue weighted by Gasteiger charge is 2.18. The van der Waals surface area contributed by atoms with Gasteiger partial charge < -0.3 is 9.32 Å². The van der Waals surface area contributed by atoms with Crippen LogP contribution in [0.2, 0.25) is 0 Å². The zero-order valence-electron chi connectivity index (χ0n) is 35.4. The van der Waals surface area contributed by atoms with Gasteiger partial charge in [0, 0.05) is 79.9 Å². The van der Waals surface area contributed by atoms with Crippen molar-refractivity contribution >= 4 is 124 Å². The highest BCUT2D eigenvalue weighted by molar-refractivity contribution is 7.26. The predicted molar refractivity (Wildman–Crippen MR) is 283 cm³/mol. The number of benzene rings is 10. The molecule has 0 unspecified atom stereocenters. The Morgan fingerprint density at radius 3 is 1.39 bits per heavy atom. The Bertz CT molecular complexity index is 4060. The fourth-order valence-electron chi connectivity index (χ4n) is 10.0. The molecular formula is C61H36N2OS2. The van der Waals surface area contributed by atoms with E-state index in [0.29, 0.717) is 0 Å². The van der Waals surface area contributed by atoms with Crippen LogP contribution in [0, 0.1) is 0 Å². The van der Waals surface area contributed by atoms with Crippen molar-refractivity contribution in [2.75, 3.05) is 4.90 Å². The van der Waals surface area contributed by atoms with Crippen LogP contribution in [-0.2, 0) is 0 Å². The molecule has 0 radical (unpaired) electrons. The maximum absolute atomic E-state index is 6.21. The van der Waals surface area contributed by atoms with Crippen LogP contribution in [-0.4, -0.2) is 4.98 Å². The lowest BCUT2D eigenvalue weighted by atomic mass is 9.98. The summed E-state index contributed by atoms with van der Waals surface area (Å²) in [5.41, 5.74) is 11.9. The van der Waals surface area contributed by atoms with Gasteiger partial charge in [-0.1, -0.05) is 127 Å². The van der Waals surface area contributed by atoms with E-state index in [1.54, 1.807) is 0 Å². The molecule has 0 aliphatic rings. The first-order chi connectivity index (χ1) is 32.6. The summed E-state index contributed by atoms with van der Waals surface area (Å²) in [7, 11) is 0. The third-order valence-electron chi connectivity index (χ3n) is 13.3. The highest BCUT2D eigenvalue weighted by Crippen LogP contribution is 2.43. The van der Waals surface area contributed by atoms with E-state index in [0.717, 1.165) is 50.1 Å². The number of pyridine rings is 1. The van der Waals surface area contributed by atoms with Gasteiger partial charge in [0.25, 0.3) is 0 Å². The van der Waals surface area contributed by atoms with Gasteiger partial charge in [-0.05, 0) is 128 Å². The number of thiophene rings is 2. The molecule has 5 heteroatoms. The van der Waals surface area contributed by atoms with Crippen molar-refractivity contribution < 1.29 is 4.42 Å². The second-order valence-electron chi connectivity index (χ2n) is 17.2. The normalized spacial score (nSPS) is 11.9. The number of para-hydroxylation sites is 1. The summed E-state index contributed by atoms with van der Waals surface area (Å²) in [6.07, 6.45) is 3.77. The summed E-state index contributed by atoms with van der Waals surface area (Å²) in [6, 6.07) is 75.7. The van der Waals surface area contributed by atoms with Crippen LogP contribution in [0.5, 0.6) is 0 Å². The molecule has 3 nitrogen and oxygen atoms in total. The molecule has 0 atom stereocenters. The van der Waals surface area contributed by atoms with Crippen LogP contribution < -0.4 is 4.90 Å². The second kappa shape index (κ2) is 14.7. The number of aromatic nitrogens is 1. The molecule has 0 aliphatic heterocycles. The molecule has 0 bridgehead atoms. The Labute approximate surface area is 387 Å². The van der Waals surface area contributed by atoms with E-state index in [-0.39, 0.29) is 0 Å². The predicted octanol–water partition coefficient (Wildman–Crippen LogP) is 18.5. The van der Waals surface area contributed by atoms with Gasteiger partial charge in [0.05, 0.1) is 6.20 Å². The van der Waals surface area contributed by atoms with Crippen LogP contribution in [0.4, 0.5) is 17.1 Å². The summed E-state index contributed by atoms with van der Waals surface area (Å²) in [4.78, 5) is 6.96. The molecule has 0 N–H and O–H groups in total. The summed E-state index contributed by atoms with van der Waals surface area (Å²) >= 11 is 3.73. The lowest BCUT2D eigenvalue weighted by Crippen LogP contribution is -2.10. The van der Waals surface area contributed by atoms with E-state index in [9.17, 15) is 0 Å². The van der Waals surface area contributed by atoms with Crippen molar-refractivity contribution in [1.82, 2.24) is 4.98 Å². The molecule has 0 saturated heterocycles. The topological polar surface area (TPSA) is 29.3 Å². The third kappa shape index (κ3) is 6.05. The Morgan fingerprint density at radius 1 is 0.333 bits per heavy atom. The van der Waals surface area contributed by atoms with Gasteiger partial charge in [-0.3, -0.25) is 4.98 Å². The lowest BCUT2D eigenvalue weighted by molar-refractivity contribution is 0.667. The SMILES string of the molecule is c1ccc2c(c1)oc1cncc(-c3ccc(N(c4ccc5cc(-c6ccc7c(c6)sc6ccccc67)ccc5c4)c4ccc5cc(-c6ccc7c(c6)sc6ccccc67)ccc5c4)cc3)c12. The van der Waals surface area contributed by atoms with Crippen molar-refractivity contribution in [3.05, 3.63) is 219 Å². The Morgan fingerprint density at radius 2 is 0.788 bits per heavy atom. The molecule has 14 aromatic rings. The molecule has 4 heterocycles. The van der Waals surface area contributed by atoms with Gasteiger partial charge in [0.2, 0.25) is 0 Å². The van der Waals surface area contributed by atoms with Crippen LogP contribution in [0.15, 0.2) is 223 Å². The highest BCUT2D eigenvalue weighted by atomic mass is 32.1. The minimum Gasteiger partial charge on any atom is -0.454 e. The molecule has 10 aromatic carbocycles. The second-order valence-corrected chi connectivity index (χ2v) is 19.3. The number of furan rings is 1. The average Bonchev–Trinajstić information content (AvgIpc) is 4.07. The summed E-state index contributed by atoms with van der Waals surface area (Å²) in [6.45, 7) is 0. The first kappa shape index (κ1) is 37.3. The monoisotopic (exact) mass is 876 g/mol. The Kier molecular flexibility index (Phi) is 8.32. The molecule has 0 saturated carbocycles. The van der Waals surface area contributed by atoms with Gasteiger partial charge in [-0.2, -0.15) is 0 Å². The molecule has 4 aromatic heterocycles. The van der Waals surface area contributed by atoms with E-state index in [2.05, 4.69) is 204 Å². The molecule has 66 heavy (non-hydrogen) atoms. The summed E-state index contributed by atoms with van der Waals surface area (Å²) < 4.78 is 11.5. The number of hydrogen-bond acceptors (Lipinski definition) is 5. The molecular weight excluding hydrogens is 841 g/mol. The fraction of sp³-hybridized carbons (Fsp3) is 0. The van der Waals surface area contributed by atoms with E-state index in [4.69, 9.17) is 4.42 Å². The largest absolute Gasteiger partial charge is 0.454 e. The van der Waals surface area contributed by atoms with Crippen LogP contribution in [0.1, 0.15) is 0 Å². The van der Waals surface area contributed by atoms with Gasteiger partial charge >= 0.3 is 0 Å². The first-order valence-corrected chi connectivity index (χ1v) is 23.9. The molecule has 14 rings (SSSR count). The van der Waals surface area contributed by atoms with Crippen molar-refractivity contribution in [3.63, 3.8) is 0 Å². The third-order valence-corrected chi connectivity index (χ3v) is 15.6. The molecule has 0 fully saturated rings. The molecule has 0 aliphatic carbocycles. The van der Waals surface area contributed by atoms with Gasteiger partial charge in [0.1, 0.15) is 5.58 Å². The minimum atomic E-state index is 0.791. The standard InChI is InChI=1S/C61H36N2OS2/c1-4-10-55-53(9-1)61-54(35-62-36-56(61)64-55)37-17-23-46(24-18-37)63(47-25-19-40-29-38(13-15-42(40)31-47)44-21-27-51-49-7-2-5-11-57(49)65-59(51)33-44)48-26-20-41-30-39(14-16-43(41)32-48)45-22-28-52-50-8-3-6-12-58(50)66-60(52)34-45/h1-36H. The number of rotatable bonds is 6. The zero-order valence-corrected chi connectivity index (χ0v) is 37.0. The minimum absolute atomic E-state index is 0.791.